The summed E-state index contributed by atoms with van der Waals surface area (Å²) >= 11 is 6.04. The second-order valence-corrected chi connectivity index (χ2v) is 5.28. The molecule has 102 valence electrons. The first kappa shape index (κ1) is 15.5. The number of hydrogen-bond donors (Lipinski definition) is 1. The van der Waals surface area contributed by atoms with Crippen molar-refractivity contribution < 1.29 is 0 Å². The normalized spacial score (nSPS) is 12.9. The zero-order valence-electron chi connectivity index (χ0n) is 11.7. The quantitative estimate of drug-likeness (QED) is 0.773. The van der Waals surface area contributed by atoms with Gasteiger partial charge in [-0.05, 0) is 57.7 Å². The van der Waals surface area contributed by atoms with Crippen molar-refractivity contribution in [3.05, 3.63) is 34.9 Å². The lowest BCUT2D eigenvalue weighted by molar-refractivity contribution is 0.306. The van der Waals surface area contributed by atoms with Crippen LogP contribution in [0.25, 0.3) is 0 Å². The van der Waals surface area contributed by atoms with Crippen LogP contribution in [0.1, 0.15) is 37.8 Å². The van der Waals surface area contributed by atoms with Gasteiger partial charge in [0.1, 0.15) is 0 Å². The van der Waals surface area contributed by atoms with Gasteiger partial charge in [-0.3, -0.25) is 0 Å². The Morgan fingerprint density at radius 1 is 1.33 bits per heavy atom. The van der Waals surface area contributed by atoms with Gasteiger partial charge >= 0.3 is 0 Å². The number of halogens is 1. The van der Waals surface area contributed by atoms with Crippen LogP contribution in [-0.2, 0) is 0 Å². The molecular formula is C15H25ClN2. The molecule has 1 unspecified atom stereocenters. The zero-order chi connectivity index (χ0) is 13.4. The number of nitrogens with zero attached hydrogens (tertiary/aromatic N) is 1. The molecule has 1 aromatic rings. The maximum absolute atomic E-state index is 6.04. The Hall–Kier alpha value is -0.570. The third-order valence-corrected chi connectivity index (χ3v) is 3.53. The van der Waals surface area contributed by atoms with E-state index in [1.165, 1.54) is 24.9 Å². The highest BCUT2D eigenvalue weighted by molar-refractivity contribution is 6.30. The molecule has 0 heterocycles. The predicted molar refractivity (Wildman–Crippen MR) is 80.3 cm³/mol. The Morgan fingerprint density at radius 3 is 2.72 bits per heavy atom. The van der Waals surface area contributed by atoms with Crippen molar-refractivity contribution in [1.82, 2.24) is 10.2 Å². The average molecular weight is 269 g/mol. The number of nitrogens with one attached hydrogen (secondary N) is 1. The highest BCUT2D eigenvalue weighted by Gasteiger charge is 2.10. The first-order valence-electron chi connectivity index (χ1n) is 6.78. The van der Waals surface area contributed by atoms with Gasteiger partial charge in [-0.25, -0.2) is 0 Å². The van der Waals surface area contributed by atoms with Crippen molar-refractivity contribution in [1.29, 1.82) is 0 Å². The largest absolute Gasteiger partial charge is 0.313 e. The minimum absolute atomic E-state index is 0.382. The fourth-order valence-electron chi connectivity index (χ4n) is 2.09. The summed E-state index contributed by atoms with van der Waals surface area (Å²) in [5.41, 5.74) is 1.27. The Balaban J connectivity index is 2.47. The van der Waals surface area contributed by atoms with Gasteiger partial charge in [-0.15, -0.1) is 0 Å². The topological polar surface area (TPSA) is 15.3 Å². The van der Waals surface area contributed by atoms with Crippen LogP contribution in [0.4, 0.5) is 0 Å². The molecule has 0 spiro atoms. The molecule has 0 aliphatic carbocycles. The standard InChI is InChI=1S/C15H25ClN2/c1-4-5-10-18(3)11-9-15(17-2)13-7-6-8-14(16)12-13/h6-8,12,15,17H,4-5,9-11H2,1-3H3. The molecule has 3 heteroatoms. The van der Waals surface area contributed by atoms with E-state index in [-0.39, 0.29) is 0 Å². The lowest BCUT2D eigenvalue weighted by Gasteiger charge is -2.21. The summed E-state index contributed by atoms with van der Waals surface area (Å²) in [5, 5.41) is 4.18. The fourth-order valence-corrected chi connectivity index (χ4v) is 2.29. The van der Waals surface area contributed by atoms with Crippen LogP contribution in [0.3, 0.4) is 0 Å². The molecule has 0 bridgehead atoms. The molecule has 18 heavy (non-hydrogen) atoms. The summed E-state index contributed by atoms with van der Waals surface area (Å²) in [6, 6.07) is 8.51. The smallest absolute Gasteiger partial charge is 0.0409 e. The van der Waals surface area contributed by atoms with E-state index < -0.39 is 0 Å². The molecule has 0 aliphatic rings. The Bertz CT molecular complexity index is 341. The van der Waals surface area contributed by atoms with Crippen LogP contribution >= 0.6 is 11.6 Å². The molecular weight excluding hydrogens is 244 g/mol. The SMILES string of the molecule is CCCCN(C)CCC(NC)c1cccc(Cl)c1. The molecule has 1 aromatic carbocycles. The van der Waals surface area contributed by atoms with E-state index in [1.807, 2.05) is 19.2 Å². The van der Waals surface area contributed by atoms with Gasteiger partial charge in [0, 0.05) is 11.1 Å². The van der Waals surface area contributed by atoms with Crippen molar-refractivity contribution in [2.45, 2.75) is 32.2 Å². The van der Waals surface area contributed by atoms with Crippen LogP contribution < -0.4 is 5.32 Å². The lowest BCUT2D eigenvalue weighted by Crippen LogP contribution is -2.26. The van der Waals surface area contributed by atoms with E-state index >= 15 is 0 Å². The number of rotatable bonds is 8. The number of unbranched alkanes of at least 4 members (excludes halogenated alkanes) is 1. The Labute approximate surface area is 116 Å². The van der Waals surface area contributed by atoms with E-state index in [0.717, 1.165) is 18.0 Å². The molecule has 0 radical (unpaired) electrons. The van der Waals surface area contributed by atoms with E-state index in [0.29, 0.717) is 6.04 Å². The molecule has 0 aliphatic heterocycles. The van der Waals surface area contributed by atoms with Gasteiger partial charge in [0.05, 0.1) is 0 Å². The highest BCUT2D eigenvalue weighted by atomic mass is 35.5. The van der Waals surface area contributed by atoms with Gasteiger partial charge in [0.25, 0.3) is 0 Å². The van der Waals surface area contributed by atoms with Crippen molar-refractivity contribution >= 4 is 11.6 Å². The molecule has 0 aromatic heterocycles. The Kier molecular flexibility index (Phi) is 7.33. The first-order valence-corrected chi connectivity index (χ1v) is 7.16. The second kappa shape index (κ2) is 8.52. The van der Waals surface area contributed by atoms with Crippen LogP contribution in [0.5, 0.6) is 0 Å². The molecule has 2 nitrogen and oxygen atoms in total. The molecule has 1 N–H and O–H groups in total. The highest BCUT2D eigenvalue weighted by Crippen LogP contribution is 2.20. The second-order valence-electron chi connectivity index (χ2n) is 4.84. The first-order chi connectivity index (χ1) is 8.67. The summed E-state index contributed by atoms with van der Waals surface area (Å²) in [4.78, 5) is 2.40. The summed E-state index contributed by atoms with van der Waals surface area (Å²) in [6.45, 7) is 4.52. The van der Waals surface area contributed by atoms with E-state index in [1.54, 1.807) is 0 Å². The number of hydrogen-bond acceptors (Lipinski definition) is 2. The third-order valence-electron chi connectivity index (χ3n) is 3.29. The predicted octanol–water partition coefficient (Wildman–Crippen LogP) is 3.72. The van der Waals surface area contributed by atoms with Gasteiger partial charge < -0.3 is 10.2 Å². The molecule has 0 saturated carbocycles. The van der Waals surface area contributed by atoms with Gasteiger partial charge in [0.15, 0.2) is 0 Å². The molecule has 0 amide bonds. The van der Waals surface area contributed by atoms with Gasteiger partial charge in [0.2, 0.25) is 0 Å². The zero-order valence-corrected chi connectivity index (χ0v) is 12.5. The molecule has 1 atom stereocenters. The number of benzene rings is 1. The van der Waals surface area contributed by atoms with E-state index in [2.05, 4.69) is 36.3 Å². The maximum atomic E-state index is 6.04. The Morgan fingerprint density at radius 2 is 2.11 bits per heavy atom. The van der Waals surface area contributed by atoms with E-state index in [9.17, 15) is 0 Å². The monoisotopic (exact) mass is 268 g/mol. The van der Waals surface area contributed by atoms with E-state index in [4.69, 9.17) is 11.6 Å². The molecule has 1 rings (SSSR count). The van der Waals surface area contributed by atoms with Crippen molar-refractivity contribution in [3.63, 3.8) is 0 Å². The summed E-state index contributed by atoms with van der Waals surface area (Å²) < 4.78 is 0. The maximum Gasteiger partial charge on any atom is 0.0409 e. The summed E-state index contributed by atoms with van der Waals surface area (Å²) in [5.74, 6) is 0. The third kappa shape index (κ3) is 5.38. The summed E-state index contributed by atoms with van der Waals surface area (Å²) in [7, 11) is 4.21. The van der Waals surface area contributed by atoms with Crippen molar-refractivity contribution in [3.8, 4) is 0 Å². The van der Waals surface area contributed by atoms with Crippen LogP contribution in [0.15, 0.2) is 24.3 Å². The summed E-state index contributed by atoms with van der Waals surface area (Å²) in [6.07, 6.45) is 3.64. The van der Waals surface area contributed by atoms with Crippen molar-refractivity contribution in [2.75, 3.05) is 27.2 Å². The lowest BCUT2D eigenvalue weighted by atomic mass is 10.0. The van der Waals surface area contributed by atoms with Crippen molar-refractivity contribution in [2.24, 2.45) is 0 Å². The van der Waals surface area contributed by atoms with Crippen LogP contribution in [0.2, 0.25) is 5.02 Å². The minimum Gasteiger partial charge on any atom is -0.313 e. The van der Waals surface area contributed by atoms with Crippen LogP contribution in [-0.4, -0.2) is 32.1 Å². The molecule has 0 saturated heterocycles. The molecule has 0 fully saturated rings. The van der Waals surface area contributed by atoms with Gasteiger partial charge in [-0.1, -0.05) is 37.1 Å². The average Bonchev–Trinajstić information content (AvgIpc) is 2.37. The fraction of sp³-hybridized carbons (Fsp3) is 0.600. The van der Waals surface area contributed by atoms with Crippen LogP contribution in [0, 0.1) is 0 Å². The van der Waals surface area contributed by atoms with Gasteiger partial charge in [-0.2, -0.15) is 0 Å². The minimum atomic E-state index is 0.382.